The Hall–Kier alpha value is -1.13. The molecule has 1 aromatic rings. The minimum atomic E-state index is -0.623. The summed E-state index contributed by atoms with van der Waals surface area (Å²) in [6.45, 7) is 4.42. The molecule has 96 valence electrons. The number of aliphatic hydroxyl groups excluding tert-OH is 1. The van der Waals surface area contributed by atoms with E-state index in [0.717, 1.165) is 0 Å². The first-order chi connectivity index (χ1) is 8.00. The summed E-state index contributed by atoms with van der Waals surface area (Å²) < 4.78 is 18.8. The second-order valence-corrected chi connectivity index (χ2v) is 4.37. The lowest BCUT2D eigenvalue weighted by molar-refractivity contribution is 0.00923. The van der Waals surface area contributed by atoms with Crippen LogP contribution in [0, 0.1) is 5.82 Å². The zero-order valence-electron chi connectivity index (χ0n) is 10.6. The number of para-hydroxylation sites is 1. The van der Waals surface area contributed by atoms with E-state index < -0.39 is 6.10 Å². The van der Waals surface area contributed by atoms with Crippen LogP contribution in [0.2, 0.25) is 0 Å². The van der Waals surface area contributed by atoms with Gasteiger partial charge in [-0.1, -0.05) is 12.1 Å². The van der Waals surface area contributed by atoms with Gasteiger partial charge in [0.25, 0.3) is 0 Å². The average Bonchev–Trinajstić information content (AvgIpc) is 2.26. The second-order valence-electron chi connectivity index (χ2n) is 4.37. The smallest absolute Gasteiger partial charge is 0.146 e. The molecule has 0 saturated carbocycles. The van der Waals surface area contributed by atoms with Crippen molar-refractivity contribution in [1.29, 1.82) is 0 Å². The third-order valence-corrected chi connectivity index (χ3v) is 2.37. The Morgan fingerprint density at radius 2 is 2.00 bits per heavy atom. The van der Waals surface area contributed by atoms with Gasteiger partial charge in [-0.3, -0.25) is 0 Å². The number of nitrogens with zero attached hydrogens (tertiary/aromatic N) is 1. The molecule has 1 atom stereocenters. The van der Waals surface area contributed by atoms with Gasteiger partial charge in [0.05, 0.1) is 24.5 Å². The quantitative estimate of drug-likeness (QED) is 0.827. The van der Waals surface area contributed by atoms with Crippen molar-refractivity contribution in [3.8, 4) is 0 Å². The highest BCUT2D eigenvalue weighted by Gasteiger charge is 2.12. The molecule has 0 aliphatic carbocycles. The number of anilines is 1. The van der Waals surface area contributed by atoms with Crippen LogP contribution >= 0.6 is 0 Å². The molecule has 0 aromatic heterocycles. The summed E-state index contributed by atoms with van der Waals surface area (Å²) in [4.78, 5) is 1.68. The Morgan fingerprint density at radius 1 is 1.35 bits per heavy atom. The van der Waals surface area contributed by atoms with Crippen LogP contribution in [0.5, 0.6) is 0 Å². The number of likely N-dealkylation sites (N-methyl/N-ethyl adjacent to an activating group) is 1. The maximum absolute atomic E-state index is 13.4. The SMILES string of the molecule is CC(C)OCC(O)CN(C)c1ccccc1F. The minimum absolute atomic E-state index is 0.0865. The van der Waals surface area contributed by atoms with Crippen molar-refractivity contribution in [2.24, 2.45) is 0 Å². The number of halogens is 1. The lowest BCUT2D eigenvalue weighted by Gasteiger charge is -2.23. The van der Waals surface area contributed by atoms with Crippen molar-refractivity contribution in [2.75, 3.05) is 25.1 Å². The third kappa shape index (κ3) is 4.71. The van der Waals surface area contributed by atoms with Gasteiger partial charge >= 0.3 is 0 Å². The van der Waals surface area contributed by atoms with E-state index in [9.17, 15) is 9.50 Å². The number of ether oxygens (including phenoxy) is 1. The molecule has 0 bridgehead atoms. The Bertz CT molecular complexity index is 344. The van der Waals surface area contributed by atoms with E-state index in [1.54, 1.807) is 30.1 Å². The molecule has 0 aliphatic rings. The fraction of sp³-hybridized carbons (Fsp3) is 0.538. The van der Waals surface area contributed by atoms with Gasteiger partial charge in [-0.15, -0.1) is 0 Å². The summed E-state index contributed by atoms with van der Waals surface area (Å²) in [6.07, 6.45) is -0.537. The first-order valence-corrected chi connectivity index (χ1v) is 5.76. The highest BCUT2D eigenvalue weighted by molar-refractivity contribution is 5.46. The summed E-state index contributed by atoms with van der Waals surface area (Å²) in [5, 5.41) is 9.73. The maximum Gasteiger partial charge on any atom is 0.146 e. The number of hydrogen-bond donors (Lipinski definition) is 1. The molecular formula is C13H20FNO2. The molecule has 1 aromatic carbocycles. The zero-order chi connectivity index (χ0) is 12.8. The van der Waals surface area contributed by atoms with Gasteiger partial charge in [-0.25, -0.2) is 4.39 Å². The highest BCUT2D eigenvalue weighted by atomic mass is 19.1. The van der Waals surface area contributed by atoms with E-state index >= 15 is 0 Å². The summed E-state index contributed by atoms with van der Waals surface area (Å²) in [6, 6.07) is 6.51. The van der Waals surface area contributed by atoms with Crippen LogP contribution in [0.4, 0.5) is 10.1 Å². The van der Waals surface area contributed by atoms with Crippen LogP contribution in [-0.2, 0) is 4.74 Å². The predicted molar refractivity (Wildman–Crippen MR) is 66.8 cm³/mol. The monoisotopic (exact) mass is 241 g/mol. The standard InChI is InChI=1S/C13H20FNO2/c1-10(2)17-9-11(16)8-15(3)13-7-5-4-6-12(13)14/h4-7,10-11,16H,8-9H2,1-3H3. The summed E-state index contributed by atoms with van der Waals surface area (Å²) >= 11 is 0. The van der Waals surface area contributed by atoms with Crippen molar-refractivity contribution in [2.45, 2.75) is 26.1 Å². The fourth-order valence-electron chi connectivity index (χ4n) is 1.53. The molecule has 0 amide bonds. The van der Waals surface area contributed by atoms with Crippen molar-refractivity contribution in [1.82, 2.24) is 0 Å². The Kier molecular flexibility index (Phi) is 5.38. The average molecular weight is 241 g/mol. The molecule has 0 aliphatic heterocycles. The lowest BCUT2D eigenvalue weighted by Crippen LogP contribution is -2.33. The lowest BCUT2D eigenvalue weighted by atomic mass is 10.2. The Labute approximate surface area is 102 Å². The van der Waals surface area contributed by atoms with Crippen LogP contribution in [-0.4, -0.2) is 37.5 Å². The Balaban J connectivity index is 2.49. The normalized spacial score (nSPS) is 12.8. The van der Waals surface area contributed by atoms with Crippen molar-refractivity contribution in [3.05, 3.63) is 30.1 Å². The molecule has 1 rings (SSSR count). The van der Waals surface area contributed by atoms with Crippen molar-refractivity contribution in [3.63, 3.8) is 0 Å². The number of benzene rings is 1. The van der Waals surface area contributed by atoms with Gasteiger partial charge < -0.3 is 14.7 Å². The topological polar surface area (TPSA) is 32.7 Å². The van der Waals surface area contributed by atoms with E-state index in [-0.39, 0.29) is 18.5 Å². The minimum Gasteiger partial charge on any atom is -0.389 e. The highest BCUT2D eigenvalue weighted by Crippen LogP contribution is 2.17. The van der Waals surface area contributed by atoms with Gasteiger partial charge in [-0.2, -0.15) is 0 Å². The van der Waals surface area contributed by atoms with Crippen LogP contribution in [0.25, 0.3) is 0 Å². The molecule has 0 spiro atoms. The van der Waals surface area contributed by atoms with E-state index in [1.165, 1.54) is 6.07 Å². The van der Waals surface area contributed by atoms with Gasteiger partial charge in [0, 0.05) is 13.6 Å². The van der Waals surface area contributed by atoms with E-state index in [1.807, 2.05) is 13.8 Å². The van der Waals surface area contributed by atoms with Gasteiger partial charge in [0.2, 0.25) is 0 Å². The van der Waals surface area contributed by atoms with Gasteiger partial charge in [0.1, 0.15) is 5.82 Å². The molecule has 0 fully saturated rings. The van der Waals surface area contributed by atoms with E-state index in [2.05, 4.69) is 0 Å². The van der Waals surface area contributed by atoms with Gasteiger partial charge in [0.15, 0.2) is 0 Å². The van der Waals surface area contributed by atoms with Crippen LogP contribution in [0.15, 0.2) is 24.3 Å². The fourth-order valence-corrected chi connectivity index (χ4v) is 1.53. The number of hydrogen-bond acceptors (Lipinski definition) is 3. The molecule has 17 heavy (non-hydrogen) atoms. The van der Waals surface area contributed by atoms with Crippen LogP contribution < -0.4 is 4.90 Å². The van der Waals surface area contributed by atoms with Crippen LogP contribution in [0.3, 0.4) is 0 Å². The first kappa shape index (κ1) is 13.9. The summed E-state index contributed by atoms with van der Waals surface area (Å²) in [5.41, 5.74) is 0.482. The summed E-state index contributed by atoms with van der Waals surface area (Å²) in [5.74, 6) is -0.285. The molecule has 0 heterocycles. The zero-order valence-corrected chi connectivity index (χ0v) is 10.6. The molecule has 3 nitrogen and oxygen atoms in total. The maximum atomic E-state index is 13.4. The van der Waals surface area contributed by atoms with Crippen molar-refractivity contribution < 1.29 is 14.2 Å². The third-order valence-electron chi connectivity index (χ3n) is 2.37. The first-order valence-electron chi connectivity index (χ1n) is 5.76. The Morgan fingerprint density at radius 3 is 2.59 bits per heavy atom. The predicted octanol–water partition coefficient (Wildman–Crippen LogP) is 2.05. The van der Waals surface area contributed by atoms with Crippen LogP contribution in [0.1, 0.15) is 13.8 Å². The molecule has 1 unspecified atom stereocenters. The number of aliphatic hydroxyl groups is 1. The second kappa shape index (κ2) is 6.57. The van der Waals surface area contributed by atoms with E-state index in [4.69, 9.17) is 4.74 Å². The molecular weight excluding hydrogens is 221 g/mol. The summed E-state index contributed by atoms with van der Waals surface area (Å²) in [7, 11) is 1.75. The molecule has 4 heteroatoms. The molecule has 0 radical (unpaired) electrons. The largest absolute Gasteiger partial charge is 0.389 e. The van der Waals surface area contributed by atoms with Gasteiger partial charge in [-0.05, 0) is 26.0 Å². The molecule has 0 saturated heterocycles. The van der Waals surface area contributed by atoms with E-state index in [0.29, 0.717) is 12.2 Å². The molecule has 1 N–H and O–H groups in total. The van der Waals surface area contributed by atoms with Crippen molar-refractivity contribution >= 4 is 5.69 Å². The number of rotatable bonds is 6.